The number of rotatable bonds is 1. The molecule has 0 bridgehead atoms. The van der Waals surface area contributed by atoms with Crippen molar-refractivity contribution in [3.05, 3.63) is 12.2 Å². The van der Waals surface area contributed by atoms with E-state index in [0.29, 0.717) is 35.0 Å². The van der Waals surface area contributed by atoms with Crippen LogP contribution in [0.25, 0.3) is 0 Å². The molecule has 0 heterocycles. The Morgan fingerprint density at radius 2 is 1.44 bits per heavy atom. The quantitative estimate of drug-likeness (QED) is 0.429. The average Bonchev–Trinajstić information content (AvgIpc) is 3.05. The van der Waals surface area contributed by atoms with Crippen molar-refractivity contribution >= 4 is 0 Å². The Kier molecular flexibility index (Phi) is 5.02. The third-order valence-corrected chi connectivity index (χ3v) is 13.6. The van der Waals surface area contributed by atoms with Crippen LogP contribution < -0.4 is 0 Å². The van der Waals surface area contributed by atoms with Gasteiger partial charge in [0.15, 0.2) is 0 Å². The van der Waals surface area contributed by atoms with Crippen LogP contribution in [0, 0.1) is 56.7 Å². The Morgan fingerprint density at radius 1 is 0.750 bits per heavy atom. The van der Waals surface area contributed by atoms with Crippen molar-refractivity contribution in [3.8, 4) is 0 Å². The summed E-state index contributed by atoms with van der Waals surface area (Å²) in [5.41, 5.74) is 2.32. The molecule has 32 heavy (non-hydrogen) atoms. The van der Waals surface area contributed by atoms with Gasteiger partial charge in [-0.15, -0.1) is 0 Å². The summed E-state index contributed by atoms with van der Waals surface area (Å²) in [6, 6.07) is 0. The lowest BCUT2D eigenvalue weighted by molar-refractivity contribution is -0.273. The second kappa shape index (κ2) is 6.87. The van der Waals surface area contributed by atoms with Gasteiger partial charge < -0.3 is 10.2 Å². The van der Waals surface area contributed by atoms with Crippen molar-refractivity contribution in [1.29, 1.82) is 0 Å². The Balaban J connectivity index is 1.57. The number of hydrogen-bond donors (Lipinski definition) is 2. The van der Waals surface area contributed by atoms with Gasteiger partial charge >= 0.3 is 0 Å². The summed E-state index contributed by atoms with van der Waals surface area (Å²) in [5.74, 6) is 3.22. The summed E-state index contributed by atoms with van der Waals surface area (Å²) in [4.78, 5) is 0. The predicted octanol–water partition coefficient (Wildman–Crippen LogP) is 7.00. The normalized spacial score (nSPS) is 58.8. The van der Waals surface area contributed by atoms with E-state index in [-0.39, 0.29) is 22.3 Å². The summed E-state index contributed by atoms with van der Waals surface area (Å²) < 4.78 is 0. The fourth-order valence-electron chi connectivity index (χ4n) is 11.4. The van der Waals surface area contributed by atoms with Crippen LogP contribution in [0.5, 0.6) is 0 Å². The second-order valence-corrected chi connectivity index (χ2v) is 14.8. The predicted molar refractivity (Wildman–Crippen MR) is 132 cm³/mol. The van der Waals surface area contributed by atoms with Crippen LogP contribution in [0.3, 0.4) is 0 Å². The molecule has 5 fully saturated rings. The van der Waals surface area contributed by atoms with Gasteiger partial charge in [0.05, 0.1) is 12.2 Å². The van der Waals surface area contributed by atoms with E-state index >= 15 is 0 Å². The van der Waals surface area contributed by atoms with Crippen molar-refractivity contribution in [3.63, 3.8) is 0 Å². The number of aliphatic hydroxyl groups is 2. The van der Waals surface area contributed by atoms with Gasteiger partial charge in [-0.2, -0.15) is 0 Å². The third-order valence-electron chi connectivity index (χ3n) is 13.6. The summed E-state index contributed by atoms with van der Waals surface area (Å²) in [6.07, 6.45) is 10.2. The van der Waals surface area contributed by atoms with Crippen LogP contribution in [0.4, 0.5) is 0 Å². The first-order valence-electron chi connectivity index (χ1n) is 13.7. The van der Waals surface area contributed by atoms with Gasteiger partial charge in [-0.3, -0.25) is 0 Å². The van der Waals surface area contributed by atoms with Gasteiger partial charge in [-0.05, 0) is 110 Å². The van der Waals surface area contributed by atoms with E-state index in [0.717, 1.165) is 18.3 Å². The molecule has 11 atom stereocenters. The van der Waals surface area contributed by atoms with E-state index in [2.05, 4.69) is 55.0 Å². The molecule has 2 nitrogen and oxygen atoms in total. The molecule has 0 aromatic rings. The van der Waals surface area contributed by atoms with Gasteiger partial charge in [-0.25, -0.2) is 0 Å². The van der Waals surface area contributed by atoms with E-state index in [9.17, 15) is 10.2 Å². The van der Waals surface area contributed by atoms with Crippen LogP contribution in [0.15, 0.2) is 12.2 Å². The smallest absolute Gasteiger partial charge is 0.0624 e. The molecule has 0 saturated heterocycles. The molecule has 5 aliphatic carbocycles. The Labute approximate surface area is 197 Å². The Bertz CT molecular complexity index is 801. The van der Waals surface area contributed by atoms with E-state index in [1.54, 1.807) is 0 Å². The van der Waals surface area contributed by atoms with Gasteiger partial charge in [0.2, 0.25) is 0 Å². The van der Waals surface area contributed by atoms with Crippen LogP contribution in [-0.4, -0.2) is 22.4 Å². The van der Waals surface area contributed by atoms with Crippen molar-refractivity contribution < 1.29 is 10.2 Å². The molecule has 182 valence electrons. The third kappa shape index (κ3) is 2.61. The second-order valence-electron chi connectivity index (χ2n) is 14.8. The molecule has 0 aliphatic heterocycles. The number of allylic oxidation sites excluding steroid dienone is 1. The fraction of sp³-hybridized carbons (Fsp3) is 0.933. The van der Waals surface area contributed by atoms with Crippen LogP contribution >= 0.6 is 0 Å². The first-order valence-corrected chi connectivity index (χ1v) is 13.7. The molecular formula is C30H50O2. The highest BCUT2D eigenvalue weighted by atomic mass is 16.3. The van der Waals surface area contributed by atoms with Gasteiger partial charge in [-0.1, -0.05) is 53.7 Å². The molecule has 0 aromatic carbocycles. The molecule has 2 N–H and O–H groups in total. The Morgan fingerprint density at radius 3 is 2.09 bits per heavy atom. The molecule has 0 radical (unpaired) electrons. The fourth-order valence-corrected chi connectivity index (χ4v) is 11.4. The Hall–Kier alpha value is -0.340. The SMILES string of the molecule is C=C(C)C1CC[C@]2(C)CC[C@]3(C)[C@H](CCC4[C@]5(C)C(CC[C@]43C)C(C)(C)[C@@H](O)C[C@H]5O)C12. The van der Waals surface area contributed by atoms with Gasteiger partial charge in [0, 0.05) is 11.8 Å². The maximum absolute atomic E-state index is 11.5. The van der Waals surface area contributed by atoms with E-state index in [4.69, 9.17) is 0 Å². The first-order chi connectivity index (χ1) is 14.7. The number of aliphatic hydroxyl groups excluding tert-OH is 2. The van der Waals surface area contributed by atoms with E-state index < -0.39 is 6.10 Å². The van der Waals surface area contributed by atoms with Crippen LogP contribution in [0.1, 0.15) is 106 Å². The molecule has 4 unspecified atom stereocenters. The number of fused-ring (bicyclic) bond motifs is 7. The summed E-state index contributed by atoms with van der Waals surface area (Å²) in [5, 5.41) is 22.4. The summed E-state index contributed by atoms with van der Waals surface area (Å²) in [6.45, 7) is 21.6. The maximum Gasteiger partial charge on any atom is 0.0624 e. The highest BCUT2D eigenvalue weighted by Crippen LogP contribution is 2.77. The van der Waals surface area contributed by atoms with Crippen molar-refractivity contribution in [2.75, 3.05) is 0 Å². The van der Waals surface area contributed by atoms with Crippen molar-refractivity contribution in [1.82, 2.24) is 0 Å². The molecule has 5 saturated carbocycles. The van der Waals surface area contributed by atoms with Gasteiger partial charge in [0.25, 0.3) is 0 Å². The molecule has 2 heteroatoms. The van der Waals surface area contributed by atoms with Crippen molar-refractivity contribution in [2.45, 2.75) is 118 Å². The molecule has 0 aromatic heterocycles. The maximum atomic E-state index is 11.5. The topological polar surface area (TPSA) is 40.5 Å². The minimum Gasteiger partial charge on any atom is -0.392 e. The minimum absolute atomic E-state index is 0.0894. The van der Waals surface area contributed by atoms with E-state index in [1.807, 2.05) is 0 Å². The summed E-state index contributed by atoms with van der Waals surface area (Å²) >= 11 is 0. The number of hydrogen-bond acceptors (Lipinski definition) is 2. The molecule has 5 rings (SSSR count). The first kappa shape index (κ1) is 23.4. The minimum atomic E-state index is -0.392. The average molecular weight is 443 g/mol. The van der Waals surface area contributed by atoms with E-state index in [1.165, 1.54) is 50.5 Å². The molecular weight excluding hydrogens is 392 g/mol. The standard InChI is InChI=1S/C30H50O2/c1-18(2)19-11-13-27(5)15-16-28(6)20(25(19)27)9-10-22-29(28,7)14-12-21-26(3,4)23(31)17-24(32)30(21,22)8/h19-25,31-32H,1,9-17H2,2-8H3/t19?,20-,21?,22?,23+,24-,25?,27-,28-,29-,30+/m1/s1. The van der Waals surface area contributed by atoms with Gasteiger partial charge in [0.1, 0.15) is 0 Å². The lowest BCUT2D eigenvalue weighted by Crippen LogP contribution is -2.69. The summed E-state index contributed by atoms with van der Waals surface area (Å²) in [7, 11) is 0. The molecule has 0 spiro atoms. The molecule has 0 amide bonds. The zero-order valence-corrected chi connectivity index (χ0v) is 22.0. The lowest BCUT2D eigenvalue weighted by atomic mass is 9.32. The zero-order chi connectivity index (χ0) is 23.5. The van der Waals surface area contributed by atoms with Crippen LogP contribution in [0.2, 0.25) is 0 Å². The highest BCUT2D eigenvalue weighted by molar-refractivity contribution is 5.22. The monoisotopic (exact) mass is 442 g/mol. The lowest BCUT2D eigenvalue weighted by Gasteiger charge is -2.73. The van der Waals surface area contributed by atoms with Crippen molar-refractivity contribution in [2.24, 2.45) is 56.7 Å². The van der Waals surface area contributed by atoms with Crippen LogP contribution in [-0.2, 0) is 0 Å². The zero-order valence-electron chi connectivity index (χ0n) is 22.0. The largest absolute Gasteiger partial charge is 0.392 e. The molecule has 5 aliphatic rings. The highest BCUT2D eigenvalue weighted by Gasteiger charge is 2.71.